The van der Waals surface area contributed by atoms with Crippen LogP contribution in [0.2, 0.25) is 0 Å². The molecule has 0 atom stereocenters. The summed E-state index contributed by atoms with van der Waals surface area (Å²) in [5.41, 5.74) is 4.11. The van der Waals surface area contributed by atoms with Gasteiger partial charge in [-0.1, -0.05) is 17.7 Å². The quantitative estimate of drug-likeness (QED) is 0.848. The molecule has 2 rings (SSSR count). The van der Waals surface area contributed by atoms with Crippen LogP contribution in [0.25, 0.3) is 0 Å². The number of hydrogen-bond acceptors (Lipinski definition) is 3. The number of hydrogen-bond donors (Lipinski definition) is 0. The third kappa shape index (κ3) is 2.94. The number of methoxy groups -OCH3 is 1. The fraction of sp³-hybridized carbons (Fsp3) is 0.588. The minimum atomic E-state index is -0.651. The van der Waals surface area contributed by atoms with Crippen molar-refractivity contribution < 1.29 is 14.3 Å². The molecular formula is C17H24O3. The lowest BCUT2D eigenvalue weighted by Crippen LogP contribution is -2.46. The van der Waals surface area contributed by atoms with Crippen LogP contribution in [-0.4, -0.2) is 31.7 Å². The summed E-state index contributed by atoms with van der Waals surface area (Å²) in [6.45, 7) is 7.44. The molecule has 1 aliphatic heterocycles. The Morgan fingerprint density at radius 3 is 2.25 bits per heavy atom. The molecule has 0 radical (unpaired) electrons. The number of aryl methyl sites for hydroxylation is 3. The molecule has 0 aromatic heterocycles. The van der Waals surface area contributed by atoms with Gasteiger partial charge in [0.25, 0.3) is 0 Å². The molecule has 1 aliphatic rings. The van der Waals surface area contributed by atoms with Crippen LogP contribution in [0.3, 0.4) is 0 Å². The maximum Gasteiger partial charge on any atom is 0.169 e. The maximum atomic E-state index is 12.7. The molecule has 3 nitrogen and oxygen atoms in total. The molecule has 0 bridgehead atoms. The maximum absolute atomic E-state index is 12.7. The van der Waals surface area contributed by atoms with E-state index in [2.05, 4.69) is 32.9 Å². The standard InChI is InChI=1S/C17H24O3/c1-12-9-13(2)15(14(3)10-12)11-16(18)17(19-4)5-7-20-8-6-17/h9-10H,5-8,11H2,1-4H3. The van der Waals surface area contributed by atoms with E-state index in [1.54, 1.807) is 7.11 Å². The van der Waals surface area contributed by atoms with E-state index >= 15 is 0 Å². The molecule has 0 N–H and O–H groups in total. The van der Waals surface area contributed by atoms with Crippen LogP contribution in [0.15, 0.2) is 12.1 Å². The molecule has 0 spiro atoms. The van der Waals surface area contributed by atoms with E-state index in [1.807, 2.05) is 0 Å². The van der Waals surface area contributed by atoms with Gasteiger partial charge < -0.3 is 9.47 Å². The molecule has 0 unspecified atom stereocenters. The normalized spacial score (nSPS) is 18.0. The van der Waals surface area contributed by atoms with Gasteiger partial charge in [-0.15, -0.1) is 0 Å². The van der Waals surface area contributed by atoms with Crippen LogP contribution >= 0.6 is 0 Å². The van der Waals surface area contributed by atoms with Gasteiger partial charge in [-0.05, 0) is 37.5 Å². The van der Waals surface area contributed by atoms with Crippen molar-refractivity contribution in [3.8, 4) is 0 Å². The molecule has 1 heterocycles. The van der Waals surface area contributed by atoms with Crippen molar-refractivity contribution >= 4 is 5.78 Å². The molecular weight excluding hydrogens is 252 g/mol. The van der Waals surface area contributed by atoms with E-state index in [-0.39, 0.29) is 5.78 Å². The lowest BCUT2D eigenvalue weighted by molar-refractivity contribution is -0.152. The molecule has 110 valence electrons. The van der Waals surface area contributed by atoms with Crippen molar-refractivity contribution in [2.45, 2.75) is 45.6 Å². The molecule has 3 heteroatoms. The van der Waals surface area contributed by atoms with Gasteiger partial charge in [0.1, 0.15) is 5.60 Å². The first kappa shape index (κ1) is 15.2. The minimum absolute atomic E-state index is 0.179. The summed E-state index contributed by atoms with van der Waals surface area (Å²) in [6.07, 6.45) is 1.77. The first-order chi connectivity index (χ1) is 9.48. The Balaban J connectivity index is 2.23. The Kier molecular flexibility index (Phi) is 4.61. The second-order valence-corrected chi connectivity index (χ2v) is 5.79. The summed E-state index contributed by atoms with van der Waals surface area (Å²) < 4.78 is 10.9. The largest absolute Gasteiger partial charge is 0.381 e. The van der Waals surface area contributed by atoms with E-state index in [0.29, 0.717) is 32.5 Å². The van der Waals surface area contributed by atoms with Crippen LogP contribution in [0.5, 0.6) is 0 Å². The highest BCUT2D eigenvalue weighted by molar-refractivity contribution is 5.89. The number of Topliss-reactive ketones (excluding diaryl/α,β-unsaturated/α-hetero) is 1. The van der Waals surface area contributed by atoms with Crippen LogP contribution in [0, 0.1) is 20.8 Å². The van der Waals surface area contributed by atoms with E-state index < -0.39 is 5.60 Å². The third-order valence-electron chi connectivity index (χ3n) is 4.38. The van der Waals surface area contributed by atoms with Gasteiger partial charge in [-0.2, -0.15) is 0 Å². The number of carbonyl (C=O) groups is 1. The first-order valence-electron chi connectivity index (χ1n) is 7.21. The van der Waals surface area contributed by atoms with Crippen LogP contribution in [-0.2, 0) is 20.7 Å². The highest BCUT2D eigenvalue weighted by atomic mass is 16.5. The Hall–Kier alpha value is -1.19. The van der Waals surface area contributed by atoms with Crippen molar-refractivity contribution in [2.75, 3.05) is 20.3 Å². The van der Waals surface area contributed by atoms with Gasteiger partial charge in [0.15, 0.2) is 5.78 Å². The van der Waals surface area contributed by atoms with Crippen molar-refractivity contribution in [3.05, 3.63) is 34.4 Å². The van der Waals surface area contributed by atoms with E-state index in [1.165, 1.54) is 16.7 Å². The van der Waals surface area contributed by atoms with Crippen LogP contribution < -0.4 is 0 Å². The first-order valence-corrected chi connectivity index (χ1v) is 7.21. The Morgan fingerprint density at radius 1 is 1.20 bits per heavy atom. The highest BCUT2D eigenvalue weighted by Crippen LogP contribution is 2.28. The summed E-state index contributed by atoms with van der Waals surface area (Å²) >= 11 is 0. The SMILES string of the molecule is COC1(C(=O)Cc2c(C)cc(C)cc2C)CCOCC1. The number of benzene rings is 1. The van der Waals surface area contributed by atoms with E-state index in [0.717, 1.165) is 5.56 Å². The van der Waals surface area contributed by atoms with E-state index in [9.17, 15) is 4.79 Å². The van der Waals surface area contributed by atoms with Crippen molar-refractivity contribution in [1.29, 1.82) is 0 Å². The van der Waals surface area contributed by atoms with Gasteiger partial charge in [0.05, 0.1) is 0 Å². The lowest BCUT2D eigenvalue weighted by Gasteiger charge is -2.34. The Bertz CT molecular complexity index is 476. The van der Waals surface area contributed by atoms with E-state index in [4.69, 9.17) is 9.47 Å². The molecule has 20 heavy (non-hydrogen) atoms. The third-order valence-corrected chi connectivity index (χ3v) is 4.38. The predicted molar refractivity (Wildman–Crippen MR) is 79.2 cm³/mol. The average molecular weight is 276 g/mol. The highest BCUT2D eigenvalue weighted by Gasteiger charge is 2.39. The van der Waals surface area contributed by atoms with Gasteiger partial charge in [-0.25, -0.2) is 0 Å². The number of rotatable bonds is 4. The van der Waals surface area contributed by atoms with Crippen LogP contribution in [0.4, 0.5) is 0 Å². The zero-order valence-corrected chi connectivity index (χ0v) is 12.9. The molecule has 0 saturated carbocycles. The topological polar surface area (TPSA) is 35.5 Å². The van der Waals surface area contributed by atoms with Gasteiger partial charge in [0.2, 0.25) is 0 Å². The van der Waals surface area contributed by atoms with Gasteiger partial charge in [0, 0.05) is 39.6 Å². The molecule has 0 amide bonds. The number of ketones is 1. The van der Waals surface area contributed by atoms with Crippen LogP contribution in [0.1, 0.15) is 35.1 Å². The molecule has 0 aliphatic carbocycles. The monoisotopic (exact) mass is 276 g/mol. The number of ether oxygens (including phenoxy) is 2. The Labute approximate surface area is 121 Å². The van der Waals surface area contributed by atoms with Gasteiger partial charge in [-0.3, -0.25) is 4.79 Å². The minimum Gasteiger partial charge on any atom is -0.381 e. The number of carbonyl (C=O) groups excluding carboxylic acids is 1. The van der Waals surface area contributed by atoms with Crippen molar-refractivity contribution in [3.63, 3.8) is 0 Å². The molecule has 1 saturated heterocycles. The zero-order valence-electron chi connectivity index (χ0n) is 12.9. The van der Waals surface area contributed by atoms with Crippen molar-refractivity contribution in [2.24, 2.45) is 0 Å². The summed E-state index contributed by atoms with van der Waals surface area (Å²) in [7, 11) is 1.64. The molecule has 1 fully saturated rings. The summed E-state index contributed by atoms with van der Waals surface area (Å²) in [4.78, 5) is 12.7. The zero-order chi connectivity index (χ0) is 14.8. The predicted octanol–water partition coefficient (Wildman–Crippen LogP) is 2.92. The smallest absolute Gasteiger partial charge is 0.169 e. The summed E-state index contributed by atoms with van der Waals surface area (Å²) in [5.74, 6) is 0.179. The average Bonchev–Trinajstić information content (AvgIpc) is 2.43. The second kappa shape index (κ2) is 6.06. The fourth-order valence-electron chi connectivity index (χ4n) is 3.11. The Morgan fingerprint density at radius 2 is 1.75 bits per heavy atom. The molecule has 1 aromatic carbocycles. The second-order valence-electron chi connectivity index (χ2n) is 5.79. The lowest BCUT2D eigenvalue weighted by atomic mass is 9.84. The fourth-order valence-corrected chi connectivity index (χ4v) is 3.11. The summed E-state index contributed by atoms with van der Waals surface area (Å²) in [6, 6.07) is 4.28. The summed E-state index contributed by atoms with van der Waals surface area (Å²) in [5, 5.41) is 0. The molecule has 1 aromatic rings. The van der Waals surface area contributed by atoms with Gasteiger partial charge >= 0.3 is 0 Å². The van der Waals surface area contributed by atoms with Crippen molar-refractivity contribution in [1.82, 2.24) is 0 Å².